The summed E-state index contributed by atoms with van der Waals surface area (Å²) in [6.45, 7) is -1.23. The molecule has 1 atom stereocenters. The minimum absolute atomic E-state index is 0.00970. The first kappa shape index (κ1) is 12.4. The molecule has 0 unspecified atom stereocenters. The maximum Gasteiger partial charge on any atom is 0.387 e. The Balaban J connectivity index is 2.36. The molecule has 96 valence electrons. The van der Waals surface area contributed by atoms with Crippen LogP contribution in [0.4, 0.5) is 8.78 Å². The largest absolute Gasteiger partial charge is 0.434 e. The van der Waals surface area contributed by atoms with E-state index in [9.17, 15) is 8.78 Å². The van der Waals surface area contributed by atoms with Crippen molar-refractivity contribution in [2.75, 3.05) is 0 Å². The molecular formula is C11H11F2N3O2. The van der Waals surface area contributed by atoms with Gasteiger partial charge in [0.25, 0.3) is 0 Å². The standard InChI is InChI=1S/C11H11F2N3O2/c1-6(14)10-15-9(16-18-10)7-4-2-3-5-8(7)17-11(12)13/h2-6,11H,14H2,1H3/t6-/m0/s1. The highest BCUT2D eigenvalue weighted by atomic mass is 19.3. The van der Waals surface area contributed by atoms with Gasteiger partial charge >= 0.3 is 6.61 Å². The lowest BCUT2D eigenvalue weighted by Crippen LogP contribution is -2.05. The number of rotatable bonds is 4. The third-order valence-electron chi connectivity index (χ3n) is 2.18. The van der Waals surface area contributed by atoms with Crippen molar-refractivity contribution >= 4 is 0 Å². The number of hydrogen-bond donors (Lipinski definition) is 1. The van der Waals surface area contributed by atoms with E-state index in [1.54, 1.807) is 25.1 Å². The lowest BCUT2D eigenvalue weighted by molar-refractivity contribution is -0.0494. The van der Waals surface area contributed by atoms with Crippen LogP contribution in [0.1, 0.15) is 18.9 Å². The first-order chi connectivity index (χ1) is 8.58. The van der Waals surface area contributed by atoms with Crippen LogP contribution in [0.25, 0.3) is 11.4 Å². The van der Waals surface area contributed by atoms with E-state index in [4.69, 9.17) is 10.3 Å². The highest BCUT2D eigenvalue weighted by Gasteiger charge is 2.16. The SMILES string of the molecule is C[C@H](N)c1nc(-c2ccccc2OC(F)F)no1. The summed E-state index contributed by atoms with van der Waals surface area (Å²) >= 11 is 0. The fourth-order valence-electron chi connectivity index (χ4n) is 1.38. The van der Waals surface area contributed by atoms with Crippen LogP contribution in [0.5, 0.6) is 5.75 Å². The van der Waals surface area contributed by atoms with Crippen LogP contribution in [0.15, 0.2) is 28.8 Å². The predicted octanol–water partition coefficient (Wildman–Crippen LogP) is 2.36. The second-order valence-corrected chi connectivity index (χ2v) is 3.62. The monoisotopic (exact) mass is 255 g/mol. The van der Waals surface area contributed by atoms with Gasteiger partial charge in [-0.3, -0.25) is 0 Å². The minimum atomic E-state index is -2.91. The Kier molecular flexibility index (Phi) is 3.52. The molecule has 2 N–H and O–H groups in total. The first-order valence-electron chi connectivity index (χ1n) is 5.21. The molecule has 0 saturated carbocycles. The van der Waals surface area contributed by atoms with Gasteiger partial charge in [0.2, 0.25) is 11.7 Å². The molecule has 2 rings (SSSR count). The van der Waals surface area contributed by atoms with Gasteiger partial charge in [0.05, 0.1) is 11.6 Å². The summed E-state index contributed by atoms with van der Waals surface area (Å²) in [6, 6.07) is 5.79. The second kappa shape index (κ2) is 5.09. The minimum Gasteiger partial charge on any atom is -0.434 e. The molecule has 0 aliphatic carbocycles. The molecule has 0 spiro atoms. The highest BCUT2D eigenvalue weighted by molar-refractivity contribution is 5.63. The lowest BCUT2D eigenvalue weighted by Gasteiger charge is -2.07. The van der Waals surface area contributed by atoms with Crippen LogP contribution < -0.4 is 10.5 Å². The second-order valence-electron chi connectivity index (χ2n) is 3.62. The molecule has 0 saturated heterocycles. The highest BCUT2D eigenvalue weighted by Crippen LogP contribution is 2.29. The molecule has 1 aromatic carbocycles. The Morgan fingerprint density at radius 2 is 2.06 bits per heavy atom. The van der Waals surface area contributed by atoms with E-state index in [0.29, 0.717) is 5.56 Å². The summed E-state index contributed by atoms with van der Waals surface area (Å²) in [5, 5.41) is 3.68. The Labute approximate surface area is 102 Å². The molecule has 1 aromatic heterocycles. The van der Waals surface area contributed by atoms with E-state index in [1.165, 1.54) is 6.07 Å². The van der Waals surface area contributed by atoms with Crippen LogP contribution in [-0.2, 0) is 0 Å². The van der Waals surface area contributed by atoms with Crippen molar-refractivity contribution in [1.29, 1.82) is 0 Å². The van der Waals surface area contributed by atoms with Crippen LogP contribution in [-0.4, -0.2) is 16.8 Å². The van der Waals surface area contributed by atoms with E-state index in [2.05, 4.69) is 14.9 Å². The number of para-hydroxylation sites is 1. The van der Waals surface area contributed by atoms with E-state index in [1.807, 2.05) is 0 Å². The third-order valence-corrected chi connectivity index (χ3v) is 2.18. The Hall–Kier alpha value is -2.02. The van der Waals surface area contributed by atoms with Crippen LogP contribution in [0, 0.1) is 0 Å². The Bertz CT molecular complexity index is 529. The Morgan fingerprint density at radius 3 is 2.67 bits per heavy atom. The van der Waals surface area contributed by atoms with Gasteiger partial charge in [0, 0.05) is 0 Å². The molecule has 18 heavy (non-hydrogen) atoms. The van der Waals surface area contributed by atoms with Crippen molar-refractivity contribution in [1.82, 2.24) is 10.1 Å². The van der Waals surface area contributed by atoms with Gasteiger partial charge in [-0.25, -0.2) is 0 Å². The summed E-state index contributed by atoms with van der Waals surface area (Å²) in [4.78, 5) is 4.02. The zero-order chi connectivity index (χ0) is 13.1. The van der Waals surface area contributed by atoms with Crippen molar-refractivity contribution < 1.29 is 18.0 Å². The molecule has 0 bridgehead atoms. The van der Waals surface area contributed by atoms with E-state index < -0.39 is 12.7 Å². The van der Waals surface area contributed by atoms with E-state index in [0.717, 1.165) is 0 Å². The number of alkyl halides is 2. The van der Waals surface area contributed by atoms with Crippen molar-refractivity contribution in [2.24, 2.45) is 5.73 Å². The summed E-state index contributed by atoms with van der Waals surface area (Å²) in [7, 11) is 0. The molecule has 0 fully saturated rings. The van der Waals surface area contributed by atoms with Gasteiger partial charge in [-0.2, -0.15) is 13.8 Å². The van der Waals surface area contributed by atoms with Gasteiger partial charge in [-0.1, -0.05) is 17.3 Å². The molecule has 1 heterocycles. The number of benzene rings is 1. The fourth-order valence-corrected chi connectivity index (χ4v) is 1.38. The average Bonchev–Trinajstić information content (AvgIpc) is 2.78. The van der Waals surface area contributed by atoms with E-state index in [-0.39, 0.29) is 17.5 Å². The van der Waals surface area contributed by atoms with Crippen LogP contribution in [0.3, 0.4) is 0 Å². The van der Waals surface area contributed by atoms with Gasteiger partial charge in [-0.05, 0) is 19.1 Å². The normalized spacial score (nSPS) is 12.7. The number of nitrogens with zero attached hydrogens (tertiary/aromatic N) is 2. The van der Waals surface area contributed by atoms with Gasteiger partial charge < -0.3 is 15.0 Å². The number of aromatic nitrogens is 2. The third kappa shape index (κ3) is 2.62. The summed E-state index contributed by atoms with van der Waals surface area (Å²) in [5.41, 5.74) is 5.90. The Morgan fingerprint density at radius 1 is 1.33 bits per heavy atom. The van der Waals surface area contributed by atoms with Crippen LogP contribution in [0.2, 0.25) is 0 Å². The van der Waals surface area contributed by atoms with Gasteiger partial charge in [-0.15, -0.1) is 0 Å². The molecule has 0 aliphatic heterocycles. The average molecular weight is 255 g/mol. The number of hydrogen-bond acceptors (Lipinski definition) is 5. The van der Waals surface area contributed by atoms with Crippen LogP contribution >= 0.6 is 0 Å². The van der Waals surface area contributed by atoms with Gasteiger partial charge in [0.1, 0.15) is 5.75 Å². The molecule has 0 amide bonds. The lowest BCUT2D eigenvalue weighted by atomic mass is 10.2. The van der Waals surface area contributed by atoms with Crippen molar-refractivity contribution in [3.8, 4) is 17.1 Å². The number of halogens is 2. The maximum absolute atomic E-state index is 12.2. The molecule has 7 heteroatoms. The quantitative estimate of drug-likeness (QED) is 0.907. The molecular weight excluding hydrogens is 244 g/mol. The fraction of sp³-hybridized carbons (Fsp3) is 0.273. The molecule has 0 aliphatic rings. The molecule has 2 aromatic rings. The summed E-state index contributed by atoms with van der Waals surface area (Å²) < 4.78 is 33.8. The first-order valence-corrected chi connectivity index (χ1v) is 5.21. The zero-order valence-corrected chi connectivity index (χ0v) is 9.51. The van der Waals surface area contributed by atoms with Crippen molar-refractivity contribution in [2.45, 2.75) is 19.6 Å². The van der Waals surface area contributed by atoms with Crippen molar-refractivity contribution in [3.63, 3.8) is 0 Å². The van der Waals surface area contributed by atoms with Crippen molar-refractivity contribution in [3.05, 3.63) is 30.2 Å². The zero-order valence-electron chi connectivity index (χ0n) is 9.51. The van der Waals surface area contributed by atoms with E-state index >= 15 is 0 Å². The summed E-state index contributed by atoms with van der Waals surface area (Å²) in [5.74, 6) is 0.389. The molecule has 5 nitrogen and oxygen atoms in total. The topological polar surface area (TPSA) is 74.2 Å². The number of nitrogens with two attached hydrogens (primary N) is 1. The smallest absolute Gasteiger partial charge is 0.387 e. The predicted molar refractivity (Wildman–Crippen MR) is 59.0 cm³/mol. The maximum atomic E-state index is 12.2. The van der Waals surface area contributed by atoms with Gasteiger partial charge in [0.15, 0.2) is 0 Å². The number of ether oxygens (including phenoxy) is 1. The summed E-state index contributed by atoms with van der Waals surface area (Å²) in [6.07, 6.45) is 0. The molecule has 0 radical (unpaired) electrons.